The van der Waals surface area contributed by atoms with Crippen molar-refractivity contribution in [3.8, 4) is 5.75 Å². The summed E-state index contributed by atoms with van der Waals surface area (Å²) in [6, 6.07) is 16.9. The van der Waals surface area contributed by atoms with Crippen LogP contribution in [0.1, 0.15) is 16.1 Å². The first-order valence-corrected chi connectivity index (χ1v) is 10.5. The summed E-state index contributed by atoms with van der Waals surface area (Å²) in [5.41, 5.74) is 1.64. The zero-order valence-corrected chi connectivity index (χ0v) is 17.9. The molecular weight excluding hydrogens is 423 g/mol. The number of ether oxygens (including phenoxy) is 1. The molecule has 0 radical (unpaired) electrons. The number of amides is 1. The molecule has 1 aliphatic rings. The van der Waals surface area contributed by atoms with Gasteiger partial charge in [-0.25, -0.2) is 4.68 Å². The molecule has 0 unspecified atom stereocenters. The minimum atomic E-state index is -0.0577. The molecule has 2 aromatic carbocycles. The Morgan fingerprint density at radius 1 is 0.967 bits per heavy atom. The Bertz CT molecular complexity index is 998. The smallest absolute Gasteiger partial charge is 0.274 e. The molecule has 8 heteroatoms. The number of aromatic nitrogens is 2. The Morgan fingerprint density at radius 2 is 1.70 bits per heavy atom. The van der Waals surface area contributed by atoms with Crippen molar-refractivity contribution in [1.82, 2.24) is 19.6 Å². The third-order valence-electron chi connectivity index (χ3n) is 5.03. The summed E-state index contributed by atoms with van der Waals surface area (Å²) in [5, 5.41) is 5.64. The maximum absolute atomic E-state index is 12.8. The first-order valence-electron chi connectivity index (χ1n) is 9.75. The normalized spacial score (nSPS) is 14.7. The van der Waals surface area contributed by atoms with Crippen LogP contribution < -0.4 is 4.74 Å². The Hall–Kier alpha value is -2.54. The molecule has 2 heterocycles. The lowest BCUT2D eigenvalue weighted by Gasteiger charge is -2.34. The van der Waals surface area contributed by atoms with Gasteiger partial charge in [0.25, 0.3) is 5.91 Å². The van der Waals surface area contributed by atoms with Gasteiger partial charge in [-0.15, -0.1) is 0 Å². The van der Waals surface area contributed by atoms with Crippen LogP contribution in [0.2, 0.25) is 10.0 Å². The molecule has 0 saturated carbocycles. The van der Waals surface area contributed by atoms with E-state index in [2.05, 4.69) is 10.00 Å². The quantitative estimate of drug-likeness (QED) is 0.571. The summed E-state index contributed by atoms with van der Waals surface area (Å²) < 4.78 is 7.26. The van der Waals surface area contributed by atoms with Gasteiger partial charge in [-0.05, 0) is 35.9 Å². The van der Waals surface area contributed by atoms with Gasteiger partial charge in [-0.3, -0.25) is 9.69 Å². The van der Waals surface area contributed by atoms with E-state index in [1.807, 2.05) is 41.3 Å². The van der Waals surface area contributed by atoms with E-state index >= 15 is 0 Å². The van der Waals surface area contributed by atoms with Crippen molar-refractivity contribution in [2.45, 2.75) is 13.3 Å². The van der Waals surface area contributed by atoms with Crippen molar-refractivity contribution in [3.63, 3.8) is 0 Å². The van der Waals surface area contributed by atoms with Gasteiger partial charge in [0.05, 0.1) is 5.02 Å². The van der Waals surface area contributed by atoms with E-state index in [4.69, 9.17) is 27.9 Å². The Labute approximate surface area is 185 Å². The van der Waals surface area contributed by atoms with Crippen LogP contribution in [-0.4, -0.2) is 51.7 Å². The highest BCUT2D eigenvalue weighted by atomic mass is 35.5. The zero-order chi connectivity index (χ0) is 20.9. The topological polar surface area (TPSA) is 50.6 Å². The predicted molar refractivity (Wildman–Crippen MR) is 117 cm³/mol. The molecule has 3 aromatic rings. The molecular formula is C22H22Cl2N4O2. The molecule has 1 amide bonds. The van der Waals surface area contributed by atoms with Gasteiger partial charge < -0.3 is 9.64 Å². The minimum Gasteiger partial charge on any atom is -0.470 e. The first kappa shape index (κ1) is 20.7. The van der Waals surface area contributed by atoms with Gasteiger partial charge in [-0.2, -0.15) is 5.10 Å². The maximum Gasteiger partial charge on any atom is 0.274 e. The number of nitrogens with zero attached hydrogens (tertiary/aromatic N) is 4. The third-order valence-corrected chi connectivity index (χ3v) is 5.59. The maximum atomic E-state index is 12.8. The Morgan fingerprint density at radius 3 is 2.43 bits per heavy atom. The highest BCUT2D eigenvalue weighted by molar-refractivity contribution is 6.32. The van der Waals surface area contributed by atoms with Gasteiger partial charge in [0.15, 0.2) is 12.4 Å². The third kappa shape index (κ3) is 5.14. The van der Waals surface area contributed by atoms with Crippen molar-refractivity contribution in [1.29, 1.82) is 0 Å². The van der Waals surface area contributed by atoms with Crippen molar-refractivity contribution < 1.29 is 9.53 Å². The van der Waals surface area contributed by atoms with Crippen molar-refractivity contribution >= 4 is 29.1 Å². The molecule has 1 aromatic heterocycles. The molecule has 4 rings (SSSR count). The van der Waals surface area contributed by atoms with Crippen LogP contribution >= 0.6 is 23.2 Å². The summed E-state index contributed by atoms with van der Waals surface area (Å²) in [5.74, 6) is 0.525. The number of rotatable bonds is 6. The van der Waals surface area contributed by atoms with Crippen LogP contribution in [-0.2, 0) is 13.3 Å². The molecule has 156 valence electrons. The molecule has 0 aliphatic carbocycles. The van der Waals surface area contributed by atoms with Crippen LogP contribution in [0.5, 0.6) is 5.75 Å². The fourth-order valence-corrected chi connectivity index (χ4v) is 3.68. The van der Waals surface area contributed by atoms with E-state index in [9.17, 15) is 4.79 Å². The SMILES string of the molecule is O=C(c1ccn(COc2ccccc2Cl)n1)N1CCN(Cc2ccc(Cl)cc2)CC1. The van der Waals surface area contributed by atoms with Crippen LogP contribution in [0.25, 0.3) is 0 Å². The number of hydrogen-bond acceptors (Lipinski definition) is 4. The summed E-state index contributed by atoms with van der Waals surface area (Å²) in [6.45, 7) is 4.04. The van der Waals surface area contributed by atoms with E-state index in [0.29, 0.717) is 29.6 Å². The number of halogens is 2. The van der Waals surface area contributed by atoms with Gasteiger partial charge in [0.1, 0.15) is 5.75 Å². The average Bonchev–Trinajstić information content (AvgIpc) is 3.24. The van der Waals surface area contributed by atoms with E-state index in [1.54, 1.807) is 29.1 Å². The molecule has 0 N–H and O–H groups in total. The lowest BCUT2D eigenvalue weighted by Crippen LogP contribution is -2.48. The second kappa shape index (κ2) is 9.51. The van der Waals surface area contributed by atoms with Crippen molar-refractivity contribution in [3.05, 3.63) is 82.1 Å². The van der Waals surface area contributed by atoms with Gasteiger partial charge in [0.2, 0.25) is 0 Å². The molecule has 6 nitrogen and oxygen atoms in total. The fourth-order valence-electron chi connectivity index (χ4n) is 3.36. The second-order valence-electron chi connectivity index (χ2n) is 7.14. The summed E-state index contributed by atoms with van der Waals surface area (Å²) in [4.78, 5) is 17.0. The highest BCUT2D eigenvalue weighted by Crippen LogP contribution is 2.23. The number of carbonyl (C=O) groups excluding carboxylic acids is 1. The molecule has 1 saturated heterocycles. The van der Waals surface area contributed by atoms with E-state index < -0.39 is 0 Å². The first-order chi connectivity index (χ1) is 14.6. The van der Waals surface area contributed by atoms with Crippen LogP contribution in [0.15, 0.2) is 60.8 Å². The van der Waals surface area contributed by atoms with Crippen LogP contribution in [0.4, 0.5) is 0 Å². The van der Waals surface area contributed by atoms with E-state index in [-0.39, 0.29) is 12.6 Å². The summed E-state index contributed by atoms with van der Waals surface area (Å²) in [6.07, 6.45) is 1.74. The summed E-state index contributed by atoms with van der Waals surface area (Å²) >= 11 is 12.0. The number of benzene rings is 2. The highest BCUT2D eigenvalue weighted by Gasteiger charge is 2.23. The largest absolute Gasteiger partial charge is 0.470 e. The molecule has 1 aliphatic heterocycles. The van der Waals surface area contributed by atoms with Crippen LogP contribution in [0, 0.1) is 0 Å². The van der Waals surface area contributed by atoms with Gasteiger partial charge in [-0.1, -0.05) is 47.5 Å². The fraction of sp³-hybridized carbons (Fsp3) is 0.273. The van der Waals surface area contributed by atoms with Crippen molar-refractivity contribution in [2.75, 3.05) is 26.2 Å². The van der Waals surface area contributed by atoms with Crippen LogP contribution in [0.3, 0.4) is 0 Å². The van der Waals surface area contributed by atoms with Gasteiger partial charge >= 0.3 is 0 Å². The minimum absolute atomic E-state index is 0.0577. The predicted octanol–water partition coefficient (Wildman–Crippen LogP) is 4.18. The molecule has 0 atom stereocenters. The monoisotopic (exact) mass is 444 g/mol. The lowest BCUT2D eigenvalue weighted by atomic mass is 10.2. The van der Waals surface area contributed by atoms with E-state index in [0.717, 1.165) is 24.7 Å². The Kier molecular flexibility index (Phi) is 6.57. The number of hydrogen-bond donors (Lipinski definition) is 0. The van der Waals surface area contributed by atoms with Crippen molar-refractivity contribution in [2.24, 2.45) is 0 Å². The molecule has 0 spiro atoms. The molecule has 0 bridgehead atoms. The number of piperazine rings is 1. The van der Waals surface area contributed by atoms with Gasteiger partial charge in [0, 0.05) is 43.9 Å². The average molecular weight is 445 g/mol. The van der Waals surface area contributed by atoms with E-state index in [1.165, 1.54) is 5.56 Å². The number of carbonyl (C=O) groups is 1. The summed E-state index contributed by atoms with van der Waals surface area (Å²) in [7, 11) is 0. The molecule has 30 heavy (non-hydrogen) atoms. The number of para-hydroxylation sites is 1. The lowest BCUT2D eigenvalue weighted by molar-refractivity contribution is 0.0621. The Balaban J connectivity index is 1.28. The molecule has 1 fully saturated rings. The zero-order valence-electron chi connectivity index (χ0n) is 16.4. The standard InChI is InChI=1S/C22H22Cl2N4O2/c23-18-7-5-17(6-8-18)15-26-11-13-27(14-12-26)22(29)20-9-10-28(25-20)16-30-21-4-2-1-3-19(21)24/h1-10H,11-16H2. The second-order valence-corrected chi connectivity index (χ2v) is 7.98.